The van der Waals surface area contributed by atoms with E-state index in [0.717, 1.165) is 7.11 Å². The van der Waals surface area contributed by atoms with E-state index in [1.807, 2.05) is 0 Å². The van der Waals surface area contributed by atoms with Gasteiger partial charge in [0.15, 0.2) is 93.1 Å². The van der Waals surface area contributed by atoms with Gasteiger partial charge in [-0.1, -0.05) is 0 Å². The first-order valence-corrected chi connectivity index (χ1v) is 11.2. The Morgan fingerprint density at radius 2 is 0.298 bits per heavy atom. The molecule has 0 aliphatic carbocycles. The van der Waals surface area contributed by atoms with Gasteiger partial charge in [-0.2, -0.15) is 0 Å². The molecule has 0 bridgehead atoms. The molecular weight excluding hydrogens is 708 g/mol. The molecule has 0 heterocycles. The minimum Gasteiger partial charge on any atom is -0.400 e. The van der Waals surface area contributed by atoms with Crippen LogP contribution in [0.25, 0.3) is 0 Å². The zero-order valence-corrected chi connectivity index (χ0v) is 21.5. The Hall–Kier alpha value is -4.56. The molecule has 0 aliphatic heterocycles. The second-order valence-electron chi connectivity index (χ2n) is 8.53. The molecule has 47 heavy (non-hydrogen) atoms. The van der Waals surface area contributed by atoms with Gasteiger partial charge in [0.1, 0.15) is 0 Å². The number of aliphatic hydroxyl groups excluding tert-OH is 1. The Bertz CT molecular complexity index is 1570. The highest BCUT2D eigenvalue weighted by Crippen LogP contribution is 2.54. The molecule has 0 atom stereocenters. The lowest BCUT2D eigenvalue weighted by atomic mass is 9.63. The van der Waals surface area contributed by atoms with Crippen LogP contribution in [0.15, 0.2) is 0 Å². The predicted molar refractivity (Wildman–Crippen MR) is 112 cm³/mol. The summed E-state index contributed by atoms with van der Waals surface area (Å²) in [5.74, 6) is -71.8. The number of hydrogen-bond donors (Lipinski definition) is 1. The van der Waals surface area contributed by atoms with E-state index in [0.29, 0.717) is 0 Å². The molecule has 21 heteroatoms. The highest BCUT2D eigenvalue weighted by molar-refractivity contribution is 5.63. The van der Waals surface area contributed by atoms with E-state index in [9.17, 15) is 52.7 Å². The topological polar surface area (TPSA) is 20.2 Å². The minimum absolute atomic E-state index is 1.00. The van der Waals surface area contributed by atoms with Crippen molar-refractivity contribution in [2.24, 2.45) is 0 Å². The molecule has 0 aromatic heterocycles. The molecule has 0 unspecified atom stereocenters. The van der Waals surface area contributed by atoms with Crippen LogP contribution < -0.4 is 0 Å². The smallest absolute Gasteiger partial charge is 0.200 e. The van der Waals surface area contributed by atoms with Crippen molar-refractivity contribution in [2.75, 3.05) is 7.11 Å². The van der Waals surface area contributed by atoms with Gasteiger partial charge in [-0.15, -0.1) is 0 Å². The summed E-state index contributed by atoms with van der Waals surface area (Å²) in [6, 6.07) is 0. The second kappa shape index (κ2) is 12.6. The van der Waals surface area contributed by atoms with Gasteiger partial charge in [-0.05, 0) is 0 Å². The van der Waals surface area contributed by atoms with Gasteiger partial charge in [0, 0.05) is 29.4 Å². The lowest BCUT2D eigenvalue weighted by molar-refractivity contribution is 0.315. The number of halogens is 20. The monoisotopic (exact) mass is 712 g/mol. The fraction of sp³-hybridized carbons (Fsp3) is 0.0769. The third-order valence-corrected chi connectivity index (χ3v) is 6.34. The van der Waals surface area contributed by atoms with Crippen LogP contribution in [0.4, 0.5) is 87.8 Å². The molecule has 1 nitrogen and oxygen atoms in total. The molecule has 0 amide bonds. The van der Waals surface area contributed by atoms with E-state index in [4.69, 9.17) is 5.11 Å². The molecule has 0 saturated carbocycles. The van der Waals surface area contributed by atoms with E-state index in [2.05, 4.69) is 0 Å². The van der Waals surface area contributed by atoms with Gasteiger partial charge in [-0.3, -0.25) is 0 Å². The van der Waals surface area contributed by atoms with Crippen LogP contribution in [-0.2, 0) is 5.41 Å². The average Bonchev–Trinajstić information content (AvgIpc) is 3.05. The highest BCUT2D eigenvalue weighted by atomic mass is 19.2. The molecule has 0 aliphatic rings. The molecule has 4 aromatic rings. The van der Waals surface area contributed by atoms with Crippen LogP contribution in [0.5, 0.6) is 0 Å². The predicted octanol–water partition coefficient (Wildman–Crippen LogP) is 8.46. The van der Waals surface area contributed by atoms with E-state index in [1.54, 1.807) is 0 Å². The molecule has 254 valence electrons. The van der Waals surface area contributed by atoms with E-state index in [-0.39, 0.29) is 0 Å². The van der Waals surface area contributed by atoms with Crippen LogP contribution in [-0.4, -0.2) is 12.2 Å². The van der Waals surface area contributed by atoms with Crippen LogP contribution in [0, 0.1) is 116 Å². The summed E-state index contributed by atoms with van der Waals surface area (Å²) < 4.78 is 294. The maximum atomic E-state index is 15.3. The van der Waals surface area contributed by atoms with Crippen LogP contribution in [0.2, 0.25) is 0 Å². The van der Waals surface area contributed by atoms with Gasteiger partial charge in [0.25, 0.3) is 0 Å². The molecule has 0 fully saturated rings. The fourth-order valence-corrected chi connectivity index (χ4v) is 4.49. The summed E-state index contributed by atoms with van der Waals surface area (Å²) in [6.07, 6.45) is 0. The summed E-state index contributed by atoms with van der Waals surface area (Å²) in [7, 11) is 1.00. The largest absolute Gasteiger partial charge is 0.400 e. The number of rotatable bonds is 4. The maximum absolute atomic E-state index is 15.3. The van der Waals surface area contributed by atoms with Gasteiger partial charge < -0.3 is 5.11 Å². The van der Waals surface area contributed by atoms with Gasteiger partial charge in [0.2, 0.25) is 23.3 Å². The summed E-state index contributed by atoms with van der Waals surface area (Å²) in [4.78, 5) is 0. The average molecular weight is 712 g/mol. The van der Waals surface area contributed by atoms with E-state index >= 15 is 35.1 Å². The molecular formula is C26H4F20O. The Kier molecular flexibility index (Phi) is 9.87. The molecule has 0 saturated heterocycles. The van der Waals surface area contributed by atoms with Crippen molar-refractivity contribution in [1.29, 1.82) is 0 Å². The van der Waals surface area contributed by atoms with Crippen LogP contribution >= 0.6 is 0 Å². The van der Waals surface area contributed by atoms with Crippen molar-refractivity contribution in [1.82, 2.24) is 0 Å². The Morgan fingerprint density at radius 1 is 0.213 bits per heavy atom. The molecule has 4 rings (SSSR count). The Morgan fingerprint density at radius 3 is 0.404 bits per heavy atom. The van der Waals surface area contributed by atoms with Crippen LogP contribution in [0.3, 0.4) is 0 Å². The first kappa shape index (κ1) is 36.9. The summed E-state index contributed by atoms with van der Waals surface area (Å²) in [5.41, 5.74) is -20.7. The molecule has 0 spiro atoms. The first-order valence-electron chi connectivity index (χ1n) is 11.2. The molecule has 1 N–H and O–H groups in total. The number of hydrogen-bond acceptors (Lipinski definition) is 1. The fourth-order valence-electron chi connectivity index (χ4n) is 4.49. The minimum atomic E-state index is -6.10. The van der Waals surface area contributed by atoms with Crippen molar-refractivity contribution in [2.45, 2.75) is 5.41 Å². The number of benzene rings is 4. The van der Waals surface area contributed by atoms with Gasteiger partial charge in [-0.25, -0.2) is 87.8 Å². The first-order chi connectivity index (χ1) is 21.7. The third-order valence-electron chi connectivity index (χ3n) is 6.34. The SMILES string of the molecule is CO.Fc1c(F)c(F)c(C(c2c(F)c(F)c(F)c(F)c2F)(c2c(F)c(F)c(F)c(F)c2F)c2c(F)c(F)c(F)c(F)c2F)c(F)c1F. The zero-order valence-electron chi connectivity index (χ0n) is 21.5. The zero-order chi connectivity index (χ0) is 36.4. The molecule has 4 aromatic carbocycles. The highest BCUT2D eigenvalue weighted by Gasteiger charge is 2.58. The van der Waals surface area contributed by atoms with Crippen molar-refractivity contribution in [3.8, 4) is 0 Å². The van der Waals surface area contributed by atoms with Crippen LogP contribution in [0.1, 0.15) is 22.3 Å². The van der Waals surface area contributed by atoms with E-state index < -0.39 is 144 Å². The normalized spacial score (nSPS) is 11.6. The van der Waals surface area contributed by atoms with Crippen molar-refractivity contribution in [3.05, 3.63) is 139 Å². The Labute approximate surface area is 244 Å². The Balaban J connectivity index is 0.00000294. The van der Waals surface area contributed by atoms with Crippen molar-refractivity contribution >= 4 is 0 Å². The standard InChI is InChI=1S/C25F20.CH4O/c26-5-1(6(27)14(35)21(42)13(5)34)25(2-7(28)15(36)22(43)16(37)8(2)29,3-9(30)17(38)23(44)18(39)10(3)31)4-11(32)19(40)24(45)20(41)12(4)33;1-2/h;2H,1H3. The van der Waals surface area contributed by atoms with Gasteiger partial charge in [0.05, 0.1) is 5.41 Å². The van der Waals surface area contributed by atoms with Crippen molar-refractivity contribution in [3.63, 3.8) is 0 Å². The van der Waals surface area contributed by atoms with Crippen molar-refractivity contribution < 1.29 is 92.9 Å². The van der Waals surface area contributed by atoms with Gasteiger partial charge >= 0.3 is 0 Å². The molecule has 0 radical (unpaired) electrons. The summed E-state index contributed by atoms with van der Waals surface area (Å²) in [6.45, 7) is 0. The van der Waals surface area contributed by atoms with E-state index in [1.165, 1.54) is 0 Å². The second-order valence-corrected chi connectivity index (χ2v) is 8.53. The number of aliphatic hydroxyl groups is 1. The summed E-state index contributed by atoms with van der Waals surface area (Å²) >= 11 is 0. The summed E-state index contributed by atoms with van der Waals surface area (Å²) in [5, 5.41) is 7.00. The lowest BCUT2D eigenvalue weighted by Gasteiger charge is -2.38. The lowest BCUT2D eigenvalue weighted by Crippen LogP contribution is -2.42. The quantitative estimate of drug-likeness (QED) is 0.0976. The maximum Gasteiger partial charge on any atom is 0.200 e. The third kappa shape index (κ3) is 4.84.